The molecule has 1 spiro atoms. The number of hydrogen-bond donors (Lipinski definition) is 1. The Balaban J connectivity index is 1.57. The summed E-state index contributed by atoms with van der Waals surface area (Å²) in [5, 5.41) is 3.70. The molecule has 1 N–H and O–H groups in total. The monoisotopic (exact) mass is 263 g/mol. The molecule has 0 bridgehead atoms. The molecule has 0 amide bonds. The smallest absolute Gasteiger partial charge is 0.0338 e. The Bertz CT molecular complexity index is 316. The van der Waals surface area contributed by atoms with Gasteiger partial charge in [0.15, 0.2) is 0 Å². The first kappa shape index (κ1) is 12.6. The molecule has 3 heteroatoms. The van der Waals surface area contributed by atoms with E-state index in [0.29, 0.717) is 5.54 Å². The van der Waals surface area contributed by atoms with Gasteiger partial charge in [0.2, 0.25) is 0 Å². The van der Waals surface area contributed by atoms with E-state index in [1.807, 2.05) is 0 Å². The second-order valence-electron chi connectivity index (χ2n) is 7.26. The molecule has 3 heterocycles. The minimum absolute atomic E-state index is 0.528. The average molecular weight is 263 g/mol. The van der Waals surface area contributed by atoms with Crippen LogP contribution in [0.3, 0.4) is 0 Å². The van der Waals surface area contributed by atoms with Crippen molar-refractivity contribution in [1.29, 1.82) is 0 Å². The van der Waals surface area contributed by atoms with Crippen molar-refractivity contribution in [3.63, 3.8) is 0 Å². The van der Waals surface area contributed by atoms with E-state index in [1.165, 1.54) is 84.1 Å². The first-order valence-corrected chi connectivity index (χ1v) is 8.61. The highest BCUT2D eigenvalue weighted by molar-refractivity contribution is 5.06. The van der Waals surface area contributed by atoms with Crippen LogP contribution in [0.15, 0.2) is 0 Å². The second kappa shape index (κ2) is 5.01. The molecule has 2 unspecified atom stereocenters. The number of nitrogens with zero attached hydrogens (tertiary/aromatic N) is 2. The van der Waals surface area contributed by atoms with Crippen LogP contribution >= 0.6 is 0 Å². The van der Waals surface area contributed by atoms with Crippen LogP contribution in [-0.2, 0) is 0 Å². The maximum absolute atomic E-state index is 3.70. The van der Waals surface area contributed by atoms with E-state index in [-0.39, 0.29) is 0 Å². The molecule has 3 nitrogen and oxygen atoms in total. The van der Waals surface area contributed by atoms with Crippen LogP contribution in [0.4, 0.5) is 0 Å². The van der Waals surface area contributed by atoms with Crippen molar-refractivity contribution in [3.8, 4) is 0 Å². The number of nitrogens with one attached hydrogen (secondary N) is 1. The Morgan fingerprint density at radius 3 is 2.63 bits per heavy atom. The SMILES string of the molecule is C1CCC2(CC1)CNCCN2C1CCN2CCCC12. The fraction of sp³-hybridized carbons (Fsp3) is 1.00. The normalized spacial score (nSPS) is 39.8. The lowest BCUT2D eigenvalue weighted by atomic mass is 9.77. The largest absolute Gasteiger partial charge is 0.314 e. The van der Waals surface area contributed by atoms with E-state index in [1.54, 1.807) is 0 Å². The van der Waals surface area contributed by atoms with Crippen molar-refractivity contribution >= 4 is 0 Å². The number of piperazine rings is 1. The first-order chi connectivity index (χ1) is 9.39. The first-order valence-electron chi connectivity index (χ1n) is 8.61. The molecule has 4 aliphatic rings. The van der Waals surface area contributed by atoms with Gasteiger partial charge in [0.1, 0.15) is 0 Å². The predicted octanol–water partition coefficient (Wildman–Crippen LogP) is 1.83. The third-order valence-electron chi connectivity index (χ3n) is 6.35. The number of fused-ring (bicyclic) bond motifs is 1. The molecule has 4 rings (SSSR count). The molecule has 1 saturated carbocycles. The average Bonchev–Trinajstić information content (AvgIpc) is 3.03. The fourth-order valence-electron chi connectivity index (χ4n) is 5.47. The lowest BCUT2D eigenvalue weighted by Gasteiger charge is -2.53. The molecular weight excluding hydrogens is 234 g/mol. The zero-order chi connectivity index (χ0) is 12.7. The van der Waals surface area contributed by atoms with Gasteiger partial charge in [-0.25, -0.2) is 0 Å². The van der Waals surface area contributed by atoms with Gasteiger partial charge < -0.3 is 5.32 Å². The molecule has 3 aliphatic heterocycles. The fourth-order valence-corrected chi connectivity index (χ4v) is 5.47. The number of hydrogen-bond acceptors (Lipinski definition) is 3. The number of rotatable bonds is 1. The molecule has 108 valence electrons. The molecule has 0 aromatic carbocycles. The highest BCUT2D eigenvalue weighted by Gasteiger charge is 2.48. The predicted molar refractivity (Wildman–Crippen MR) is 78.4 cm³/mol. The Labute approximate surface area is 117 Å². The van der Waals surface area contributed by atoms with E-state index < -0.39 is 0 Å². The van der Waals surface area contributed by atoms with Gasteiger partial charge in [-0.05, 0) is 38.6 Å². The van der Waals surface area contributed by atoms with Crippen molar-refractivity contribution in [2.45, 2.75) is 69.0 Å². The second-order valence-corrected chi connectivity index (χ2v) is 7.26. The molecule has 2 atom stereocenters. The van der Waals surface area contributed by atoms with Gasteiger partial charge in [-0.1, -0.05) is 19.3 Å². The van der Waals surface area contributed by atoms with Crippen molar-refractivity contribution < 1.29 is 0 Å². The van der Waals surface area contributed by atoms with Crippen molar-refractivity contribution in [3.05, 3.63) is 0 Å². The van der Waals surface area contributed by atoms with Crippen LogP contribution in [0.1, 0.15) is 51.4 Å². The lowest BCUT2D eigenvalue weighted by molar-refractivity contribution is -0.0151. The van der Waals surface area contributed by atoms with Crippen LogP contribution in [0.2, 0.25) is 0 Å². The highest BCUT2D eigenvalue weighted by Crippen LogP contribution is 2.41. The summed E-state index contributed by atoms with van der Waals surface area (Å²) < 4.78 is 0. The molecule has 1 aliphatic carbocycles. The topological polar surface area (TPSA) is 18.5 Å². The summed E-state index contributed by atoms with van der Waals surface area (Å²) in [7, 11) is 0. The standard InChI is InChI=1S/C16H29N3/c1-2-7-16(8-3-1)13-17-9-12-19(16)15-6-11-18-10-4-5-14(15)18/h14-15,17H,1-13H2. The summed E-state index contributed by atoms with van der Waals surface area (Å²) in [4.78, 5) is 5.77. The summed E-state index contributed by atoms with van der Waals surface area (Å²) in [5.41, 5.74) is 0.528. The van der Waals surface area contributed by atoms with Crippen LogP contribution in [0.5, 0.6) is 0 Å². The lowest BCUT2D eigenvalue weighted by Crippen LogP contribution is -2.66. The molecule has 4 fully saturated rings. The molecule has 0 radical (unpaired) electrons. The highest BCUT2D eigenvalue weighted by atomic mass is 15.3. The Kier molecular flexibility index (Phi) is 3.33. The van der Waals surface area contributed by atoms with E-state index in [2.05, 4.69) is 15.1 Å². The third kappa shape index (κ3) is 2.05. The zero-order valence-corrected chi connectivity index (χ0v) is 12.2. The maximum atomic E-state index is 3.70. The van der Waals surface area contributed by atoms with Crippen molar-refractivity contribution in [2.24, 2.45) is 0 Å². The van der Waals surface area contributed by atoms with Gasteiger partial charge in [-0.3, -0.25) is 9.80 Å². The Hall–Kier alpha value is -0.120. The summed E-state index contributed by atoms with van der Waals surface area (Å²) in [6.07, 6.45) is 11.6. The van der Waals surface area contributed by atoms with Crippen molar-refractivity contribution in [1.82, 2.24) is 15.1 Å². The quantitative estimate of drug-likeness (QED) is 0.779. The van der Waals surface area contributed by atoms with Crippen LogP contribution in [0.25, 0.3) is 0 Å². The van der Waals surface area contributed by atoms with Gasteiger partial charge in [0, 0.05) is 43.8 Å². The van der Waals surface area contributed by atoms with Gasteiger partial charge in [-0.15, -0.1) is 0 Å². The molecule has 0 aromatic rings. The Morgan fingerprint density at radius 2 is 1.74 bits per heavy atom. The van der Waals surface area contributed by atoms with E-state index >= 15 is 0 Å². The van der Waals surface area contributed by atoms with Gasteiger partial charge >= 0.3 is 0 Å². The Morgan fingerprint density at radius 1 is 0.842 bits per heavy atom. The van der Waals surface area contributed by atoms with E-state index in [4.69, 9.17) is 0 Å². The third-order valence-corrected chi connectivity index (χ3v) is 6.35. The van der Waals surface area contributed by atoms with E-state index in [9.17, 15) is 0 Å². The molecule has 19 heavy (non-hydrogen) atoms. The van der Waals surface area contributed by atoms with Gasteiger partial charge in [0.25, 0.3) is 0 Å². The van der Waals surface area contributed by atoms with Gasteiger partial charge in [-0.2, -0.15) is 0 Å². The molecule has 0 aromatic heterocycles. The van der Waals surface area contributed by atoms with Crippen LogP contribution < -0.4 is 5.32 Å². The minimum atomic E-state index is 0.528. The molecule has 3 saturated heterocycles. The zero-order valence-electron chi connectivity index (χ0n) is 12.2. The van der Waals surface area contributed by atoms with Gasteiger partial charge in [0.05, 0.1) is 0 Å². The van der Waals surface area contributed by atoms with E-state index in [0.717, 1.165) is 12.1 Å². The van der Waals surface area contributed by atoms with Crippen molar-refractivity contribution in [2.75, 3.05) is 32.7 Å². The minimum Gasteiger partial charge on any atom is -0.314 e. The summed E-state index contributed by atoms with van der Waals surface area (Å²) in [5.74, 6) is 0. The maximum Gasteiger partial charge on any atom is 0.0338 e. The summed E-state index contributed by atoms with van der Waals surface area (Å²) in [6, 6.07) is 1.78. The summed E-state index contributed by atoms with van der Waals surface area (Å²) in [6.45, 7) is 6.52. The molecular formula is C16H29N3. The van der Waals surface area contributed by atoms with Crippen LogP contribution in [-0.4, -0.2) is 60.1 Å². The van der Waals surface area contributed by atoms with Crippen LogP contribution in [0, 0.1) is 0 Å². The summed E-state index contributed by atoms with van der Waals surface area (Å²) >= 11 is 0.